The van der Waals surface area contributed by atoms with Gasteiger partial charge < -0.3 is 10.1 Å². The first kappa shape index (κ1) is 11.0. The fourth-order valence-electron chi connectivity index (χ4n) is 2.02. The van der Waals surface area contributed by atoms with Gasteiger partial charge in [0.05, 0.1) is 11.0 Å². The van der Waals surface area contributed by atoms with E-state index in [0.717, 1.165) is 35.9 Å². The van der Waals surface area contributed by atoms with E-state index >= 15 is 0 Å². The molecule has 0 unspecified atom stereocenters. The number of nitrogens with zero attached hydrogens (tertiary/aromatic N) is 1. The molecule has 1 heterocycles. The summed E-state index contributed by atoms with van der Waals surface area (Å²) in [5, 5.41) is 8.75. The second kappa shape index (κ2) is 4.53. The maximum atomic E-state index is 11.5. The van der Waals surface area contributed by atoms with Crippen LogP contribution in [-0.4, -0.2) is 21.3 Å². The Morgan fingerprint density at radius 2 is 2.19 bits per heavy atom. The van der Waals surface area contributed by atoms with Crippen LogP contribution in [0.25, 0.3) is 11.0 Å². The molecule has 0 bridgehead atoms. The zero-order chi connectivity index (χ0) is 11.5. The van der Waals surface area contributed by atoms with Crippen molar-refractivity contribution in [2.24, 2.45) is 7.05 Å². The summed E-state index contributed by atoms with van der Waals surface area (Å²) in [4.78, 5) is 14.3. The molecule has 0 amide bonds. The van der Waals surface area contributed by atoms with Crippen LogP contribution in [0, 0.1) is 0 Å². The van der Waals surface area contributed by atoms with Crippen LogP contribution in [0.2, 0.25) is 0 Å². The second-order valence-corrected chi connectivity index (χ2v) is 3.98. The molecule has 86 valence electrons. The van der Waals surface area contributed by atoms with Crippen LogP contribution in [0.3, 0.4) is 0 Å². The number of aromatic nitrogens is 2. The van der Waals surface area contributed by atoms with Crippen molar-refractivity contribution >= 4 is 11.0 Å². The number of aliphatic hydroxyl groups excluding tert-OH is 1. The SMILES string of the molecule is Cn1c(=O)[nH]c2cccc(CCCCO)c21. The van der Waals surface area contributed by atoms with E-state index in [1.165, 1.54) is 0 Å². The maximum absolute atomic E-state index is 11.5. The zero-order valence-electron chi connectivity index (χ0n) is 9.36. The summed E-state index contributed by atoms with van der Waals surface area (Å²) in [5.41, 5.74) is 2.94. The Morgan fingerprint density at radius 1 is 1.38 bits per heavy atom. The number of imidazole rings is 1. The van der Waals surface area contributed by atoms with E-state index in [9.17, 15) is 4.79 Å². The molecule has 0 aliphatic carbocycles. The van der Waals surface area contributed by atoms with Gasteiger partial charge in [0, 0.05) is 13.7 Å². The Labute approximate surface area is 93.5 Å². The first-order chi connectivity index (χ1) is 7.74. The summed E-state index contributed by atoms with van der Waals surface area (Å²) < 4.78 is 1.64. The molecule has 1 aromatic heterocycles. The number of hydrogen-bond donors (Lipinski definition) is 2. The number of rotatable bonds is 4. The normalized spacial score (nSPS) is 11.1. The molecule has 0 spiro atoms. The Bertz CT molecular complexity index is 539. The van der Waals surface area contributed by atoms with Crippen LogP contribution in [-0.2, 0) is 13.5 Å². The lowest BCUT2D eigenvalue weighted by molar-refractivity contribution is 0.284. The third-order valence-corrected chi connectivity index (χ3v) is 2.86. The van der Waals surface area contributed by atoms with E-state index in [4.69, 9.17) is 5.11 Å². The number of H-pyrrole nitrogens is 1. The average Bonchev–Trinajstić information content (AvgIpc) is 2.56. The summed E-state index contributed by atoms with van der Waals surface area (Å²) >= 11 is 0. The molecule has 0 fully saturated rings. The zero-order valence-corrected chi connectivity index (χ0v) is 9.36. The second-order valence-electron chi connectivity index (χ2n) is 3.98. The number of hydrogen-bond acceptors (Lipinski definition) is 2. The third-order valence-electron chi connectivity index (χ3n) is 2.86. The lowest BCUT2D eigenvalue weighted by Crippen LogP contribution is -2.12. The van der Waals surface area contributed by atoms with E-state index in [1.54, 1.807) is 11.6 Å². The molecular formula is C12H16N2O2. The maximum Gasteiger partial charge on any atom is 0.326 e. The van der Waals surface area contributed by atoms with Gasteiger partial charge in [0.1, 0.15) is 0 Å². The van der Waals surface area contributed by atoms with Gasteiger partial charge in [-0.1, -0.05) is 12.1 Å². The smallest absolute Gasteiger partial charge is 0.326 e. The van der Waals surface area contributed by atoms with E-state index in [0.29, 0.717) is 0 Å². The number of unbranched alkanes of at least 4 members (excludes halogenated alkanes) is 1. The molecule has 4 nitrogen and oxygen atoms in total. The van der Waals surface area contributed by atoms with Crippen LogP contribution in [0.5, 0.6) is 0 Å². The number of aromatic amines is 1. The van der Waals surface area contributed by atoms with Gasteiger partial charge in [-0.3, -0.25) is 4.57 Å². The molecule has 2 N–H and O–H groups in total. The van der Waals surface area contributed by atoms with E-state index < -0.39 is 0 Å². The standard InChI is InChI=1S/C12H16N2O2/c1-14-11-9(5-2-3-8-15)6-4-7-10(11)13-12(14)16/h4,6-7,15H,2-3,5,8H2,1H3,(H,13,16). The molecule has 16 heavy (non-hydrogen) atoms. The predicted octanol–water partition coefficient (Wildman–Crippen LogP) is 1.18. The number of aliphatic hydroxyl groups is 1. The van der Waals surface area contributed by atoms with Crippen molar-refractivity contribution in [2.45, 2.75) is 19.3 Å². The minimum absolute atomic E-state index is 0.0791. The highest BCUT2D eigenvalue weighted by atomic mass is 16.2. The van der Waals surface area contributed by atoms with Gasteiger partial charge in [-0.25, -0.2) is 4.79 Å². The van der Waals surface area contributed by atoms with E-state index in [2.05, 4.69) is 4.98 Å². The number of benzene rings is 1. The summed E-state index contributed by atoms with van der Waals surface area (Å²) in [7, 11) is 1.77. The first-order valence-corrected chi connectivity index (χ1v) is 5.51. The van der Waals surface area contributed by atoms with Crippen LogP contribution in [0.4, 0.5) is 0 Å². The Balaban J connectivity index is 2.40. The molecule has 0 aliphatic rings. The number of para-hydroxylation sites is 1. The molecule has 4 heteroatoms. The Hall–Kier alpha value is -1.55. The summed E-state index contributed by atoms with van der Waals surface area (Å²) in [6.45, 7) is 0.224. The van der Waals surface area contributed by atoms with Gasteiger partial charge in [-0.2, -0.15) is 0 Å². The molecule has 0 radical (unpaired) electrons. The lowest BCUT2D eigenvalue weighted by atomic mass is 10.1. The molecule has 0 saturated heterocycles. The minimum Gasteiger partial charge on any atom is -0.396 e. The van der Waals surface area contributed by atoms with Crippen molar-refractivity contribution in [3.63, 3.8) is 0 Å². The number of fused-ring (bicyclic) bond motifs is 1. The van der Waals surface area contributed by atoms with Gasteiger partial charge in [0.25, 0.3) is 0 Å². The van der Waals surface area contributed by atoms with Gasteiger partial charge in [-0.15, -0.1) is 0 Å². The molecule has 2 rings (SSSR count). The molecule has 0 saturated carbocycles. The predicted molar refractivity (Wildman–Crippen MR) is 63.6 cm³/mol. The summed E-state index contributed by atoms with van der Waals surface area (Å²) in [5.74, 6) is 0. The highest BCUT2D eigenvalue weighted by Crippen LogP contribution is 2.17. The van der Waals surface area contributed by atoms with Gasteiger partial charge >= 0.3 is 5.69 Å². The van der Waals surface area contributed by atoms with Crippen LogP contribution < -0.4 is 5.69 Å². The first-order valence-electron chi connectivity index (χ1n) is 5.51. The topological polar surface area (TPSA) is 58.0 Å². The van der Waals surface area contributed by atoms with E-state index in [1.807, 2.05) is 18.2 Å². The van der Waals surface area contributed by atoms with Crippen LogP contribution in [0.15, 0.2) is 23.0 Å². The van der Waals surface area contributed by atoms with Gasteiger partial charge in [-0.05, 0) is 30.9 Å². The largest absolute Gasteiger partial charge is 0.396 e. The van der Waals surface area contributed by atoms with Crippen molar-refractivity contribution in [2.75, 3.05) is 6.61 Å². The quantitative estimate of drug-likeness (QED) is 0.760. The van der Waals surface area contributed by atoms with Crippen molar-refractivity contribution in [3.05, 3.63) is 34.2 Å². The highest BCUT2D eigenvalue weighted by molar-refractivity contribution is 5.78. The number of nitrogens with one attached hydrogen (secondary N) is 1. The van der Waals surface area contributed by atoms with Crippen molar-refractivity contribution in [3.8, 4) is 0 Å². The molecule has 2 aromatic rings. The average molecular weight is 220 g/mol. The van der Waals surface area contributed by atoms with Crippen LogP contribution >= 0.6 is 0 Å². The fraction of sp³-hybridized carbons (Fsp3) is 0.417. The molecule has 0 aliphatic heterocycles. The molecule has 1 aromatic carbocycles. The van der Waals surface area contributed by atoms with E-state index in [-0.39, 0.29) is 12.3 Å². The minimum atomic E-state index is -0.0791. The molecule has 0 atom stereocenters. The lowest BCUT2D eigenvalue weighted by Gasteiger charge is -2.04. The van der Waals surface area contributed by atoms with Crippen molar-refractivity contribution in [1.82, 2.24) is 9.55 Å². The Morgan fingerprint density at radius 3 is 2.94 bits per heavy atom. The van der Waals surface area contributed by atoms with Crippen molar-refractivity contribution in [1.29, 1.82) is 0 Å². The third kappa shape index (κ3) is 1.88. The van der Waals surface area contributed by atoms with Gasteiger partial charge in [0.2, 0.25) is 0 Å². The summed E-state index contributed by atoms with van der Waals surface area (Å²) in [6, 6.07) is 5.89. The monoisotopic (exact) mass is 220 g/mol. The van der Waals surface area contributed by atoms with Crippen molar-refractivity contribution < 1.29 is 5.11 Å². The number of aryl methyl sites for hydroxylation is 2. The fourth-order valence-corrected chi connectivity index (χ4v) is 2.02. The summed E-state index contributed by atoms with van der Waals surface area (Å²) in [6.07, 6.45) is 2.63. The molecular weight excluding hydrogens is 204 g/mol. The Kier molecular flexibility index (Phi) is 3.10. The van der Waals surface area contributed by atoms with Gasteiger partial charge in [0.15, 0.2) is 0 Å². The highest BCUT2D eigenvalue weighted by Gasteiger charge is 2.07. The van der Waals surface area contributed by atoms with Crippen LogP contribution in [0.1, 0.15) is 18.4 Å².